The minimum absolute atomic E-state index is 0.0487. The quantitative estimate of drug-likeness (QED) is 0.395. The summed E-state index contributed by atoms with van der Waals surface area (Å²) in [6.45, 7) is 21.9. The predicted molar refractivity (Wildman–Crippen MR) is 157 cm³/mol. The van der Waals surface area contributed by atoms with Gasteiger partial charge in [-0.1, -0.05) is 110 Å². The highest BCUT2D eigenvalue weighted by atomic mass is 16.7. The van der Waals surface area contributed by atoms with Crippen LogP contribution in [0, 0.1) is 41.5 Å². The minimum Gasteiger partial charge on any atom is -0.400 e. The number of aryl methyl sites for hydroxylation is 6. The molecule has 0 atom stereocenters. The molecule has 0 spiro atoms. The standard InChI is InChI=1S/C32H40B2O2/c1-21-16-23(3)29(24(4)17-21)34(30-25(5)18-22(2)19-26(30)6)28(27-14-12-11-13-15-27)20-33-35-31(7,8)32(9,10)36-33/h11-20H,1-10H3/b28-20-. The van der Waals surface area contributed by atoms with Crippen LogP contribution in [-0.2, 0) is 9.31 Å². The van der Waals surface area contributed by atoms with Gasteiger partial charge in [0, 0.05) is 0 Å². The Labute approximate surface area is 219 Å². The number of benzene rings is 3. The van der Waals surface area contributed by atoms with Gasteiger partial charge in [-0.3, -0.25) is 0 Å². The second kappa shape index (κ2) is 9.72. The van der Waals surface area contributed by atoms with Gasteiger partial charge < -0.3 is 9.31 Å². The highest BCUT2D eigenvalue weighted by molar-refractivity contribution is 7.01. The van der Waals surface area contributed by atoms with Crippen LogP contribution in [0.25, 0.3) is 5.47 Å². The van der Waals surface area contributed by atoms with Gasteiger partial charge in [-0.2, -0.15) is 0 Å². The van der Waals surface area contributed by atoms with E-state index in [1.807, 2.05) is 0 Å². The smallest absolute Gasteiger partial charge is 0.400 e. The zero-order valence-electron chi connectivity index (χ0n) is 23.7. The summed E-state index contributed by atoms with van der Waals surface area (Å²) in [5, 5.41) is 0. The summed E-state index contributed by atoms with van der Waals surface area (Å²) in [4.78, 5) is 0. The van der Waals surface area contributed by atoms with Crippen LogP contribution in [0.1, 0.15) is 66.6 Å². The summed E-state index contributed by atoms with van der Waals surface area (Å²) in [6, 6.07) is 20.0. The predicted octanol–water partition coefficient (Wildman–Crippen LogP) is 6.40. The number of hydrogen-bond acceptors (Lipinski definition) is 2. The van der Waals surface area contributed by atoms with Crippen molar-refractivity contribution in [1.82, 2.24) is 0 Å². The fourth-order valence-corrected chi connectivity index (χ4v) is 5.84. The van der Waals surface area contributed by atoms with Crippen LogP contribution < -0.4 is 10.9 Å². The number of hydrogen-bond donors (Lipinski definition) is 0. The third kappa shape index (κ3) is 4.99. The van der Waals surface area contributed by atoms with Crippen LogP contribution in [0.2, 0.25) is 0 Å². The second-order valence-corrected chi connectivity index (χ2v) is 11.7. The second-order valence-electron chi connectivity index (χ2n) is 11.7. The van der Waals surface area contributed by atoms with Crippen LogP contribution in [0.15, 0.2) is 60.6 Å². The Kier molecular flexibility index (Phi) is 7.16. The SMILES string of the molecule is Cc1cc(C)c(B(/C(=C\B2OC(C)(C)C(C)(C)O2)c2ccccc2)c2c(C)cc(C)cc2C)c(C)c1. The molecule has 1 heterocycles. The third-order valence-corrected chi connectivity index (χ3v) is 8.06. The fourth-order valence-electron chi connectivity index (χ4n) is 5.84. The zero-order chi connectivity index (χ0) is 26.4. The molecule has 0 bridgehead atoms. The molecule has 1 fully saturated rings. The molecule has 4 rings (SSSR count). The van der Waals surface area contributed by atoms with E-state index in [9.17, 15) is 0 Å². The van der Waals surface area contributed by atoms with Crippen molar-refractivity contribution < 1.29 is 9.31 Å². The molecule has 1 aliphatic heterocycles. The van der Waals surface area contributed by atoms with Gasteiger partial charge >= 0.3 is 7.12 Å². The lowest BCUT2D eigenvalue weighted by Gasteiger charge is -2.32. The average Bonchev–Trinajstić information content (AvgIpc) is 2.96. The van der Waals surface area contributed by atoms with E-state index in [0.29, 0.717) is 0 Å². The molecule has 2 nitrogen and oxygen atoms in total. The van der Waals surface area contributed by atoms with Gasteiger partial charge in [0.1, 0.15) is 0 Å². The van der Waals surface area contributed by atoms with Crippen molar-refractivity contribution in [3.63, 3.8) is 0 Å². The molecule has 3 aromatic rings. The Morgan fingerprint density at radius 1 is 0.667 bits per heavy atom. The van der Waals surface area contributed by atoms with Crippen molar-refractivity contribution in [1.29, 1.82) is 0 Å². The van der Waals surface area contributed by atoms with Gasteiger partial charge in [-0.15, -0.1) is 0 Å². The Hall–Kier alpha value is -2.55. The van der Waals surface area contributed by atoms with E-state index in [2.05, 4.69) is 130 Å². The van der Waals surface area contributed by atoms with E-state index in [1.165, 1.54) is 55.3 Å². The lowest BCUT2D eigenvalue weighted by atomic mass is 9.32. The highest BCUT2D eigenvalue weighted by Gasteiger charge is 2.50. The Balaban J connectivity index is 2.04. The zero-order valence-corrected chi connectivity index (χ0v) is 23.7. The summed E-state index contributed by atoms with van der Waals surface area (Å²) >= 11 is 0. The molecule has 0 N–H and O–H groups in total. The monoisotopic (exact) mass is 478 g/mol. The average molecular weight is 478 g/mol. The van der Waals surface area contributed by atoms with Gasteiger partial charge in [-0.25, -0.2) is 0 Å². The minimum atomic E-state index is -0.426. The van der Waals surface area contributed by atoms with Crippen LogP contribution in [0.5, 0.6) is 0 Å². The van der Waals surface area contributed by atoms with Gasteiger partial charge in [-0.05, 0) is 74.8 Å². The summed E-state index contributed by atoms with van der Waals surface area (Å²) < 4.78 is 13.0. The molecule has 0 radical (unpaired) electrons. The molecule has 0 saturated carbocycles. The van der Waals surface area contributed by atoms with Crippen molar-refractivity contribution in [2.24, 2.45) is 0 Å². The van der Waals surface area contributed by atoms with E-state index in [1.54, 1.807) is 0 Å². The molecule has 3 aromatic carbocycles. The molecule has 1 aliphatic rings. The van der Waals surface area contributed by atoms with Crippen LogP contribution in [0.4, 0.5) is 0 Å². The number of rotatable bonds is 5. The maximum Gasteiger partial charge on any atom is 0.486 e. The molecular weight excluding hydrogens is 438 g/mol. The van der Waals surface area contributed by atoms with Crippen molar-refractivity contribution in [2.75, 3.05) is 0 Å². The topological polar surface area (TPSA) is 18.5 Å². The van der Waals surface area contributed by atoms with Gasteiger partial charge in [0.2, 0.25) is 6.71 Å². The highest BCUT2D eigenvalue weighted by Crippen LogP contribution is 2.38. The molecule has 0 aliphatic carbocycles. The fraction of sp³-hybridized carbons (Fsp3) is 0.375. The van der Waals surface area contributed by atoms with E-state index >= 15 is 0 Å². The first-order chi connectivity index (χ1) is 16.8. The molecule has 36 heavy (non-hydrogen) atoms. The third-order valence-electron chi connectivity index (χ3n) is 8.06. The van der Waals surface area contributed by atoms with Crippen molar-refractivity contribution in [3.05, 3.63) is 99.5 Å². The van der Waals surface area contributed by atoms with E-state index in [-0.39, 0.29) is 6.71 Å². The summed E-state index contributed by atoms with van der Waals surface area (Å²) in [7, 11) is -0.426. The van der Waals surface area contributed by atoms with Crippen molar-refractivity contribution in [2.45, 2.75) is 80.4 Å². The first-order valence-electron chi connectivity index (χ1n) is 13.1. The molecule has 4 heteroatoms. The first kappa shape index (κ1) is 26.5. The largest absolute Gasteiger partial charge is 0.486 e. The van der Waals surface area contributed by atoms with Crippen LogP contribution in [-0.4, -0.2) is 25.0 Å². The van der Waals surface area contributed by atoms with Gasteiger partial charge in [0.15, 0.2) is 0 Å². The van der Waals surface area contributed by atoms with E-state index in [0.717, 1.165) is 0 Å². The normalized spacial score (nSPS) is 16.9. The van der Waals surface area contributed by atoms with Crippen molar-refractivity contribution in [3.8, 4) is 0 Å². The summed E-state index contributed by atoms with van der Waals surface area (Å²) in [5.41, 5.74) is 12.2. The molecular formula is C32H40B2O2. The van der Waals surface area contributed by atoms with Gasteiger partial charge in [0.05, 0.1) is 11.2 Å². The van der Waals surface area contributed by atoms with E-state index in [4.69, 9.17) is 9.31 Å². The molecule has 0 unspecified atom stereocenters. The van der Waals surface area contributed by atoms with Gasteiger partial charge in [0.25, 0.3) is 0 Å². The molecule has 1 saturated heterocycles. The molecule has 186 valence electrons. The lowest BCUT2D eigenvalue weighted by molar-refractivity contribution is 0.00578. The summed E-state index contributed by atoms with van der Waals surface area (Å²) in [5.74, 6) is 2.23. The summed E-state index contributed by atoms with van der Waals surface area (Å²) in [6.07, 6.45) is 0. The van der Waals surface area contributed by atoms with Crippen LogP contribution in [0.3, 0.4) is 0 Å². The Morgan fingerprint density at radius 3 is 1.44 bits per heavy atom. The lowest BCUT2D eigenvalue weighted by Crippen LogP contribution is -2.49. The Morgan fingerprint density at radius 2 is 1.06 bits per heavy atom. The maximum atomic E-state index is 6.50. The maximum absolute atomic E-state index is 6.50. The van der Waals surface area contributed by atoms with Crippen LogP contribution >= 0.6 is 0 Å². The molecule has 0 amide bonds. The molecule has 0 aromatic heterocycles. The van der Waals surface area contributed by atoms with E-state index < -0.39 is 18.3 Å². The first-order valence-corrected chi connectivity index (χ1v) is 13.1. The Bertz CT molecular complexity index is 1190. The van der Waals surface area contributed by atoms with Crippen molar-refractivity contribution >= 4 is 30.2 Å².